The van der Waals surface area contributed by atoms with Gasteiger partial charge >= 0.3 is 0 Å². The molecule has 0 atom stereocenters. The van der Waals surface area contributed by atoms with Crippen molar-refractivity contribution in [3.63, 3.8) is 0 Å². The molecule has 19 heavy (non-hydrogen) atoms. The highest BCUT2D eigenvalue weighted by Gasteiger charge is 2.13. The lowest BCUT2D eigenvalue weighted by molar-refractivity contribution is 0.102. The number of nitrogen functional groups attached to an aromatic ring is 1. The van der Waals surface area contributed by atoms with Gasteiger partial charge in [0.15, 0.2) is 0 Å². The predicted octanol–water partition coefficient (Wildman–Crippen LogP) is 3.47. The third-order valence-electron chi connectivity index (χ3n) is 2.26. The van der Waals surface area contributed by atoms with Crippen LogP contribution in [0, 0.1) is 5.82 Å². The van der Waals surface area contributed by atoms with Gasteiger partial charge in [0.2, 0.25) is 0 Å². The molecule has 0 aliphatic heterocycles. The molecule has 3 N–H and O–H groups in total. The first-order valence-corrected chi connectivity index (χ1v) is 6.32. The SMILES string of the molecule is Nc1ccc(C(=O)Nc2c(Cl)cc(F)cc2Br)nc1. The maximum Gasteiger partial charge on any atom is 0.274 e. The molecule has 1 aromatic carbocycles. The summed E-state index contributed by atoms with van der Waals surface area (Å²) in [4.78, 5) is 15.8. The minimum absolute atomic E-state index is 0.0932. The van der Waals surface area contributed by atoms with E-state index in [1.807, 2.05) is 0 Å². The van der Waals surface area contributed by atoms with Crippen LogP contribution in [-0.2, 0) is 0 Å². The zero-order valence-corrected chi connectivity index (χ0v) is 11.8. The molecule has 0 aliphatic carbocycles. The lowest BCUT2D eigenvalue weighted by atomic mass is 10.2. The molecular weight excluding hydrogens is 337 g/mol. The Morgan fingerprint density at radius 2 is 2.16 bits per heavy atom. The number of anilines is 2. The van der Waals surface area contributed by atoms with E-state index in [0.717, 1.165) is 6.07 Å². The van der Waals surface area contributed by atoms with Crippen molar-refractivity contribution in [3.05, 3.63) is 51.5 Å². The number of hydrogen-bond acceptors (Lipinski definition) is 3. The number of pyridine rings is 1. The minimum Gasteiger partial charge on any atom is -0.397 e. The van der Waals surface area contributed by atoms with Crippen LogP contribution >= 0.6 is 27.5 Å². The number of hydrogen-bond donors (Lipinski definition) is 2. The molecule has 1 aromatic heterocycles. The average molecular weight is 345 g/mol. The molecule has 98 valence electrons. The number of benzene rings is 1. The molecule has 0 saturated heterocycles. The summed E-state index contributed by atoms with van der Waals surface area (Å²) >= 11 is 9.00. The number of amides is 1. The van der Waals surface area contributed by atoms with Gasteiger partial charge in [-0.25, -0.2) is 9.37 Å². The van der Waals surface area contributed by atoms with Crippen LogP contribution in [0.4, 0.5) is 15.8 Å². The third kappa shape index (κ3) is 3.21. The van der Waals surface area contributed by atoms with Crippen molar-refractivity contribution in [1.82, 2.24) is 4.98 Å². The Kier molecular flexibility index (Phi) is 4.01. The van der Waals surface area contributed by atoms with Gasteiger partial charge < -0.3 is 11.1 Å². The molecule has 0 aliphatic rings. The third-order valence-corrected chi connectivity index (χ3v) is 3.19. The smallest absolute Gasteiger partial charge is 0.274 e. The Morgan fingerprint density at radius 1 is 1.42 bits per heavy atom. The fraction of sp³-hybridized carbons (Fsp3) is 0. The van der Waals surface area contributed by atoms with Gasteiger partial charge in [0.25, 0.3) is 5.91 Å². The summed E-state index contributed by atoms with van der Waals surface area (Å²) in [6.07, 6.45) is 1.37. The zero-order chi connectivity index (χ0) is 14.0. The quantitative estimate of drug-likeness (QED) is 0.876. The number of halogens is 3. The van der Waals surface area contributed by atoms with E-state index in [4.69, 9.17) is 17.3 Å². The highest BCUT2D eigenvalue weighted by atomic mass is 79.9. The van der Waals surface area contributed by atoms with Gasteiger partial charge in [0, 0.05) is 4.47 Å². The molecular formula is C12H8BrClFN3O. The topological polar surface area (TPSA) is 68.0 Å². The second kappa shape index (κ2) is 5.54. The van der Waals surface area contributed by atoms with E-state index in [1.165, 1.54) is 18.3 Å². The van der Waals surface area contributed by atoms with E-state index < -0.39 is 11.7 Å². The molecule has 1 heterocycles. The lowest BCUT2D eigenvalue weighted by Crippen LogP contribution is -2.14. The van der Waals surface area contributed by atoms with E-state index in [2.05, 4.69) is 26.2 Å². The second-order valence-corrected chi connectivity index (χ2v) is 4.94. The fourth-order valence-electron chi connectivity index (χ4n) is 1.38. The van der Waals surface area contributed by atoms with Crippen LogP contribution < -0.4 is 11.1 Å². The van der Waals surface area contributed by atoms with Crippen LogP contribution in [0.15, 0.2) is 34.9 Å². The number of carbonyl (C=O) groups is 1. The molecule has 0 fully saturated rings. The van der Waals surface area contributed by atoms with Crippen molar-refractivity contribution in [3.8, 4) is 0 Å². The van der Waals surface area contributed by atoms with Crippen molar-refractivity contribution >= 4 is 44.8 Å². The fourth-order valence-corrected chi connectivity index (χ4v) is 2.28. The highest BCUT2D eigenvalue weighted by molar-refractivity contribution is 9.10. The molecule has 4 nitrogen and oxygen atoms in total. The summed E-state index contributed by atoms with van der Waals surface area (Å²) in [6, 6.07) is 5.36. The molecule has 1 amide bonds. The van der Waals surface area contributed by atoms with Crippen LogP contribution in [-0.4, -0.2) is 10.9 Å². The standard InChI is InChI=1S/C12H8BrClFN3O/c13-8-3-6(15)4-9(14)11(8)18-12(19)10-2-1-7(16)5-17-10/h1-5H,16H2,(H,18,19). The number of carbonyl (C=O) groups excluding carboxylic acids is 1. The summed E-state index contributed by atoms with van der Waals surface area (Å²) < 4.78 is 13.4. The summed E-state index contributed by atoms with van der Waals surface area (Å²) in [6.45, 7) is 0. The monoisotopic (exact) mass is 343 g/mol. The number of nitrogens with one attached hydrogen (secondary N) is 1. The number of aromatic nitrogens is 1. The van der Waals surface area contributed by atoms with Crippen molar-refractivity contribution in [2.75, 3.05) is 11.1 Å². The van der Waals surface area contributed by atoms with Crippen LogP contribution in [0.1, 0.15) is 10.5 Å². The molecule has 0 radical (unpaired) electrons. The number of nitrogens with zero attached hydrogens (tertiary/aromatic N) is 1. The summed E-state index contributed by atoms with van der Waals surface area (Å²) in [5.74, 6) is -0.963. The van der Waals surface area contributed by atoms with Gasteiger partial charge in [0.1, 0.15) is 11.5 Å². The average Bonchev–Trinajstić information content (AvgIpc) is 2.34. The van der Waals surface area contributed by atoms with Crippen molar-refractivity contribution in [2.24, 2.45) is 0 Å². The Morgan fingerprint density at radius 3 is 2.74 bits per heavy atom. The molecule has 0 spiro atoms. The van der Waals surface area contributed by atoms with Gasteiger partial charge in [-0.05, 0) is 40.2 Å². The lowest BCUT2D eigenvalue weighted by Gasteiger charge is -2.09. The summed E-state index contributed by atoms with van der Waals surface area (Å²) in [5, 5.41) is 2.65. The van der Waals surface area contributed by atoms with E-state index in [-0.39, 0.29) is 16.4 Å². The van der Waals surface area contributed by atoms with Gasteiger partial charge in [0.05, 0.1) is 22.6 Å². The van der Waals surface area contributed by atoms with Crippen molar-refractivity contribution in [2.45, 2.75) is 0 Å². The van der Waals surface area contributed by atoms with Gasteiger partial charge in [-0.15, -0.1) is 0 Å². The molecule has 0 bridgehead atoms. The Hall–Kier alpha value is -1.66. The van der Waals surface area contributed by atoms with Crippen LogP contribution in [0.3, 0.4) is 0 Å². The molecule has 0 saturated carbocycles. The minimum atomic E-state index is -0.500. The number of rotatable bonds is 2. The normalized spacial score (nSPS) is 10.3. The first kappa shape index (κ1) is 13.8. The van der Waals surface area contributed by atoms with Crippen LogP contribution in [0.25, 0.3) is 0 Å². The van der Waals surface area contributed by atoms with Gasteiger partial charge in [-0.2, -0.15) is 0 Å². The maximum absolute atomic E-state index is 13.1. The summed E-state index contributed by atoms with van der Waals surface area (Å²) in [7, 11) is 0. The van der Waals surface area contributed by atoms with Crippen LogP contribution in [0.2, 0.25) is 5.02 Å². The van der Waals surface area contributed by atoms with Gasteiger partial charge in [-0.1, -0.05) is 11.6 Å². The van der Waals surface area contributed by atoms with E-state index in [1.54, 1.807) is 6.07 Å². The van der Waals surface area contributed by atoms with Crippen molar-refractivity contribution in [1.29, 1.82) is 0 Å². The first-order chi connectivity index (χ1) is 8.97. The van der Waals surface area contributed by atoms with Crippen LogP contribution in [0.5, 0.6) is 0 Å². The Balaban J connectivity index is 2.26. The molecule has 7 heteroatoms. The molecule has 2 aromatic rings. The van der Waals surface area contributed by atoms with E-state index in [0.29, 0.717) is 10.2 Å². The molecule has 0 unspecified atom stereocenters. The number of nitrogens with two attached hydrogens (primary N) is 1. The Bertz CT molecular complexity index is 610. The maximum atomic E-state index is 13.1. The molecule has 2 rings (SSSR count). The van der Waals surface area contributed by atoms with Crippen molar-refractivity contribution < 1.29 is 9.18 Å². The van der Waals surface area contributed by atoms with E-state index >= 15 is 0 Å². The zero-order valence-electron chi connectivity index (χ0n) is 9.45. The van der Waals surface area contributed by atoms with E-state index in [9.17, 15) is 9.18 Å². The summed E-state index contributed by atoms with van der Waals surface area (Å²) in [5.41, 5.74) is 6.40. The predicted molar refractivity (Wildman–Crippen MR) is 75.7 cm³/mol. The Labute approximate surface area is 121 Å². The first-order valence-electron chi connectivity index (χ1n) is 5.15. The largest absolute Gasteiger partial charge is 0.397 e. The second-order valence-electron chi connectivity index (χ2n) is 3.68. The highest BCUT2D eigenvalue weighted by Crippen LogP contribution is 2.31. The van der Waals surface area contributed by atoms with Gasteiger partial charge in [-0.3, -0.25) is 4.79 Å².